The fourth-order valence-corrected chi connectivity index (χ4v) is 3.70. The molecule has 2 rings (SSSR count). The van der Waals surface area contributed by atoms with Crippen LogP contribution in [0.1, 0.15) is 43.0 Å². The van der Waals surface area contributed by atoms with E-state index in [4.69, 9.17) is 11.5 Å². The molecule has 6 N–H and O–H groups in total. The van der Waals surface area contributed by atoms with Gasteiger partial charge in [0.25, 0.3) is 0 Å². The predicted molar refractivity (Wildman–Crippen MR) is 123 cm³/mol. The largest absolute Gasteiger partial charge is 0.478 e. The van der Waals surface area contributed by atoms with Crippen molar-refractivity contribution in [3.8, 4) is 0 Å². The fraction of sp³-hybridized carbons (Fsp3) is 0.391. The summed E-state index contributed by atoms with van der Waals surface area (Å²) in [5, 5.41) is 19.5. The van der Waals surface area contributed by atoms with E-state index >= 15 is 0 Å². The molecule has 0 amide bonds. The maximum Gasteiger partial charge on any atom is 0.338 e. The molecule has 8 heteroatoms. The van der Waals surface area contributed by atoms with Crippen molar-refractivity contribution in [3.05, 3.63) is 57.6 Å². The van der Waals surface area contributed by atoms with Crippen LogP contribution in [0.15, 0.2) is 24.3 Å². The van der Waals surface area contributed by atoms with Gasteiger partial charge in [0.2, 0.25) is 0 Å². The molecule has 0 bridgehead atoms. The van der Waals surface area contributed by atoms with Gasteiger partial charge in [0, 0.05) is 24.5 Å². The van der Waals surface area contributed by atoms with E-state index in [9.17, 15) is 19.8 Å². The molecule has 0 aromatic heterocycles. The molecule has 0 heterocycles. The SMILES string of the molecule is CN(C)CCc1c(Cc2ccc(N)c(C(=O)O)c2CCN(C)C)ccc(N)c1C(=O)O. The summed E-state index contributed by atoms with van der Waals surface area (Å²) in [7, 11) is 7.69. The van der Waals surface area contributed by atoms with E-state index in [-0.39, 0.29) is 22.5 Å². The monoisotopic (exact) mass is 428 g/mol. The summed E-state index contributed by atoms with van der Waals surface area (Å²) in [5.41, 5.74) is 15.6. The van der Waals surface area contributed by atoms with Crippen molar-refractivity contribution in [1.29, 1.82) is 0 Å². The summed E-state index contributed by atoms with van der Waals surface area (Å²) in [6.45, 7) is 1.32. The lowest BCUT2D eigenvalue weighted by atomic mass is 9.88. The van der Waals surface area contributed by atoms with Crippen molar-refractivity contribution in [3.63, 3.8) is 0 Å². The lowest BCUT2D eigenvalue weighted by molar-refractivity contribution is 0.0685. The second-order valence-corrected chi connectivity index (χ2v) is 8.23. The number of anilines is 2. The van der Waals surface area contributed by atoms with Crippen LogP contribution in [-0.4, -0.2) is 73.2 Å². The first-order chi connectivity index (χ1) is 14.5. The van der Waals surface area contributed by atoms with E-state index in [1.165, 1.54) is 0 Å². The Bertz CT molecular complexity index is 893. The summed E-state index contributed by atoms with van der Waals surface area (Å²) in [6, 6.07) is 6.87. The number of aromatic carboxylic acids is 2. The molecule has 2 aromatic rings. The third-order valence-corrected chi connectivity index (χ3v) is 5.31. The van der Waals surface area contributed by atoms with Crippen LogP contribution in [0.5, 0.6) is 0 Å². The van der Waals surface area contributed by atoms with Gasteiger partial charge in [-0.25, -0.2) is 9.59 Å². The number of rotatable bonds is 10. The number of nitrogens with two attached hydrogens (primary N) is 2. The van der Waals surface area contributed by atoms with Crippen LogP contribution in [-0.2, 0) is 19.3 Å². The minimum Gasteiger partial charge on any atom is -0.478 e. The van der Waals surface area contributed by atoms with Crippen LogP contribution in [0.3, 0.4) is 0 Å². The first-order valence-electron chi connectivity index (χ1n) is 10.1. The molecule has 0 saturated carbocycles. The highest BCUT2D eigenvalue weighted by molar-refractivity contribution is 5.96. The lowest BCUT2D eigenvalue weighted by Crippen LogP contribution is -2.20. The highest BCUT2D eigenvalue weighted by atomic mass is 16.4. The van der Waals surface area contributed by atoms with Crippen LogP contribution in [0.25, 0.3) is 0 Å². The molecule has 2 aromatic carbocycles. The molecule has 0 radical (unpaired) electrons. The number of likely N-dealkylation sites (N-methyl/N-ethyl adjacent to an activating group) is 2. The smallest absolute Gasteiger partial charge is 0.338 e. The summed E-state index contributed by atoms with van der Waals surface area (Å²) in [6.07, 6.45) is 1.43. The highest BCUT2D eigenvalue weighted by Gasteiger charge is 2.22. The summed E-state index contributed by atoms with van der Waals surface area (Å²) < 4.78 is 0. The molecule has 0 atom stereocenters. The number of hydrogen-bond acceptors (Lipinski definition) is 6. The van der Waals surface area contributed by atoms with Gasteiger partial charge in [-0.3, -0.25) is 0 Å². The van der Waals surface area contributed by atoms with Gasteiger partial charge in [-0.1, -0.05) is 12.1 Å². The van der Waals surface area contributed by atoms with Crippen molar-refractivity contribution in [2.24, 2.45) is 0 Å². The van der Waals surface area contributed by atoms with Crippen LogP contribution < -0.4 is 11.5 Å². The molecule has 0 aliphatic carbocycles. The van der Waals surface area contributed by atoms with Gasteiger partial charge < -0.3 is 31.5 Å². The molecular weight excluding hydrogens is 396 g/mol. The molecule has 8 nitrogen and oxygen atoms in total. The molecule has 31 heavy (non-hydrogen) atoms. The summed E-state index contributed by atoms with van der Waals surface area (Å²) in [5.74, 6) is -2.13. The normalized spacial score (nSPS) is 11.3. The van der Waals surface area contributed by atoms with Crippen molar-refractivity contribution < 1.29 is 19.8 Å². The Labute approximate surface area is 183 Å². The second-order valence-electron chi connectivity index (χ2n) is 8.23. The van der Waals surface area contributed by atoms with Gasteiger partial charge in [0.15, 0.2) is 0 Å². The molecule has 0 saturated heterocycles. The van der Waals surface area contributed by atoms with E-state index in [0.717, 1.165) is 11.1 Å². The van der Waals surface area contributed by atoms with Crippen molar-refractivity contribution >= 4 is 23.3 Å². The van der Waals surface area contributed by atoms with Gasteiger partial charge in [-0.2, -0.15) is 0 Å². The van der Waals surface area contributed by atoms with Crippen molar-refractivity contribution in [2.75, 3.05) is 52.7 Å². The first-order valence-corrected chi connectivity index (χ1v) is 10.1. The number of nitrogen functional groups attached to an aromatic ring is 2. The Balaban J connectivity index is 2.61. The minimum atomic E-state index is -1.07. The number of carboxylic acid groups (broad SMARTS) is 2. The Morgan fingerprint density at radius 3 is 1.39 bits per heavy atom. The molecule has 0 spiro atoms. The Hall–Kier alpha value is -3.10. The summed E-state index contributed by atoms with van der Waals surface area (Å²) >= 11 is 0. The van der Waals surface area contributed by atoms with E-state index < -0.39 is 11.9 Å². The fourth-order valence-electron chi connectivity index (χ4n) is 3.70. The Morgan fingerprint density at radius 2 is 1.10 bits per heavy atom. The molecule has 0 unspecified atom stereocenters. The van der Waals surface area contributed by atoms with Gasteiger partial charge in [-0.05, 0) is 81.8 Å². The predicted octanol–water partition coefficient (Wildman–Crippen LogP) is 2.05. The van der Waals surface area contributed by atoms with E-state index in [0.29, 0.717) is 43.5 Å². The second kappa shape index (κ2) is 10.3. The third kappa shape index (κ3) is 5.96. The van der Waals surface area contributed by atoms with Gasteiger partial charge >= 0.3 is 11.9 Å². The molecule has 0 fully saturated rings. The number of benzene rings is 2. The number of carboxylic acids is 2. The molecular formula is C23H32N4O4. The van der Waals surface area contributed by atoms with Crippen LogP contribution in [0, 0.1) is 0 Å². The average molecular weight is 429 g/mol. The quantitative estimate of drug-likeness (QED) is 0.423. The standard InChI is InChI=1S/C23H32N4O4/c1-26(2)11-9-16-14(5-7-18(24)20(16)22(28)29)13-15-6-8-19(25)21(23(30)31)17(15)10-12-27(3)4/h5-8H,9-13,24-25H2,1-4H3,(H,28,29)(H,30,31). The van der Waals surface area contributed by atoms with Crippen LogP contribution >= 0.6 is 0 Å². The molecule has 0 aliphatic heterocycles. The van der Waals surface area contributed by atoms with Crippen LogP contribution in [0.4, 0.5) is 11.4 Å². The zero-order chi connectivity index (χ0) is 23.3. The maximum absolute atomic E-state index is 11.9. The van der Waals surface area contributed by atoms with Crippen LogP contribution in [0.2, 0.25) is 0 Å². The van der Waals surface area contributed by atoms with E-state index in [1.54, 1.807) is 12.1 Å². The van der Waals surface area contributed by atoms with E-state index in [2.05, 4.69) is 0 Å². The zero-order valence-corrected chi connectivity index (χ0v) is 18.6. The van der Waals surface area contributed by atoms with Gasteiger partial charge in [-0.15, -0.1) is 0 Å². The van der Waals surface area contributed by atoms with Gasteiger partial charge in [0.05, 0.1) is 11.1 Å². The van der Waals surface area contributed by atoms with E-state index in [1.807, 2.05) is 50.1 Å². The summed E-state index contributed by atoms with van der Waals surface area (Å²) in [4.78, 5) is 27.8. The van der Waals surface area contributed by atoms with Crippen molar-refractivity contribution in [1.82, 2.24) is 9.80 Å². The minimum absolute atomic E-state index is 0.114. The van der Waals surface area contributed by atoms with Crippen molar-refractivity contribution in [2.45, 2.75) is 19.3 Å². The zero-order valence-electron chi connectivity index (χ0n) is 18.6. The highest BCUT2D eigenvalue weighted by Crippen LogP contribution is 2.29. The Morgan fingerprint density at radius 1 is 0.742 bits per heavy atom. The number of nitrogens with zero attached hydrogens (tertiary/aromatic N) is 2. The van der Waals surface area contributed by atoms with Gasteiger partial charge in [0.1, 0.15) is 0 Å². The average Bonchev–Trinajstić information content (AvgIpc) is 2.66. The molecule has 168 valence electrons. The number of hydrogen-bond donors (Lipinski definition) is 4. The maximum atomic E-state index is 11.9. The Kier molecular flexibility index (Phi) is 8.01. The first kappa shape index (κ1) is 24.2. The topological polar surface area (TPSA) is 133 Å². The third-order valence-electron chi connectivity index (χ3n) is 5.31. The number of carbonyl (C=O) groups is 2. The molecule has 0 aliphatic rings. The lowest BCUT2D eigenvalue weighted by Gasteiger charge is -2.20.